The molecule has 0 spiro atoms. The molecule has 4 aliphatic carbocycles. The normalized spacial score (nSPS) is 48.4. The highest BCUT2D eigenvalue weighted by Crippen LogP contribution is 2.66. The lowest BCUT2D eigenvalue weighted by Crippen LogP contribution is -2.53. The molecule has 5 heteroatoms. The van der Waals surface area contributed by atoms with Gasteiger partial charge in [-0.2, -0.15) is 0 Å². The van der Waals surface area contributed by atoms with Crippen molar-refractivity contribution in [2.45, 2.75) is 96.2 Å². The van der Waals surface area contributed by atoms with E-state index in [1.54, 1.807) is 7.11 Å². The van der Waals surface area contributed by atoms with Crippen LogP contribution in [0, 0.1) is 46.8 Å². The summed E-state index contributed by atoms with van der Waals surface area (Å²) in [6.07, 6.45) is 8.02. The zero-order chi connectivity index (χ0) is 21.9. The summed E-state index contributed by atoms with van der Waals surface area (Å²) in [6, 6.07) is 0. The van der Waals surface area contributed by atoms with Crippen LogP contribution < -0.4 is 0 Å². The van der Waals surface area contributed by atoms with Gasteiger partial charge in [-0.05, 0) is 105 Å². The lowest BCUT2D eigenvalue weighted by molar-refractivity contribution is -0.147. The van der Waals surface area contributed by atoms with E-state index in [1.165, 1.54) is 19.3 Å². The van der Waals surface area contributed by atoms with Crippen LogP contribution in [0.5, 0.6) is 0 Å². The molecule has 0 aromatic heterocycles. The van der Waals surface area contributed by atoms with Gasteiger partial charge in [-0.15, -0.1) is 0 Å². The second kappa shape index (κ2) is 7.95. The van der Waals surface area contributed by atoms with E-state index >= 15 is 0 Å². The van der Waals surface area contributed by atoms with Crippen LogP contribution >= 0.6 is 0 Å². The number of methoxy groups -OCH3 is 1. The molecule has 30 heavy (non-hydrogen) atoms. The minimum atomic E-state index is -3.04. The number of hydrogen-bond acceptors (Lipinski definition) is 3. The van der Waals surface area contributed by atoms with Gasteiger partial charge in [0.2, 0.25) is 0 Å². The van der Waals surface area contributed by atoms with Crippen molar-refractivity contribution in [2.75, 3.05) is 13.7 Å². The van der Waals surface area contributed by atoms with Gasteiger partial charge in [0.1, 0.15) is 6.10 Å². The molecule has 0 bridgehead atoms. The van der Waals surface area contributed by atoms with Crippen molar-refractivity contribution in [1.29, 1.82) is 0 Å². The quantitative estimate of drug-likeness (QED) is 0.626. The highest BCUT2D eigenvalue weighted by Gasteiger charge is 2.59. The number of rotatable bonds is 5. The van der Waals surface area contributed by atoms with Crippen LogP contribution in [-0.2, 0) is 4.74 Å². The summed E-state index contributed by atoms with van der Waals surface area (Å²) >= 11 is 0. The summed E-state index contributed by atoms with van der Waals surface area (Å²) in [6.45, 7) is 5.48. The Hall–Kier alpha value is -0.260. The summed E-state index contributed by atoms with van der Waals surface area (Å²) in [7, 11) is 1.67. The molecular weight excluding hydrogens is 386 g/mol. The molecule has 0 aromatic carbocycles. The standard InChI is InChI=1S/C25H42F2O3/c1-15(22(28)24(3,26)27)20-7-8-21-19-6-5-16-13-25(29,14-30-4)12-10-17(16)18(19)9-11-23(20,21)2/h15-22,28-29H,5-14H2,1-4H3/t15-,16+,17-,18+,19+,20+,21-,22-,23+,25-/m0/s1. The first kappa shape index (κ1) is 22.9. The van der Waals surface area contributed by atoms with Crippen LogP contribution in [0.3, 0.4) is 0 Å². The van der Waals surface area contributed by atoms with Gasteiger partial charge >= 0.3 is 0 Å². The van der Waals surface area contributed by atoms with Crippen LogP contribution in [0.1, 0.15) is 78.6 Å². The van der Waals surface area contributed by atoms with Crippen molar-refractivity contribution in [1.82, 2.24) is 0 Å². The molecule has 174 valence electrons. The van der Waals surface area contributed by atoms with E-state index in [2.05, 4.69) is 6.92 Å². The number of aliphatic hydroxyl groups is 2. The van der Waals surface area contributed by atoms with Crippen LogP contribution in [0.4, 0.5) is 8.78 Å². The summed E-state index contributed by atoms with van der Waals surface area (Å²) < 4.78 is 33.0. The number of aliphatic hydroxyl groups excluding tert-OH is 1. The molecule has 0 aromatic rings. The molecule has 10 atom stereocenters. The van der Waals surface area contributed by atoms with Gasteiger partial charge in [-0.1, -0.05) is 13.8 Å². The summed E-state index contributed by atoms with van der Waals surface area (Å²) in [5, 5.41) is 21.2. The zero-order valence-electron chi connectivity index (χ0n) is 19.2. The van der Waals surface area contributed by atoms with Crippen molar-refractivity contribution in [2.24, 2.45) is 46.8 Å². The molecular formula is C25H42F2O3. The van der Waals surface area contributed by atoms with Crippen molar-refractivity contribution in [3.8, 4) is 0 Å². The molecule has 4 aliphatic rings. The Morgan fingerprint density at radius 3 is 2.40 bits per heavy atom. The molecule has 0 amide bonds. The Labute approximate surface area is 181 Å². The minimum Gasteiger partial charge on any atom is -0.387 e. The highest BCUT2D eigenvalue weighted by molar-refractivity contribution is 5.08. The van der Waals surface area contributed by atoms with Gasteiger partial charge in [-0.25, -0.2) is 8.78 Å². The number of halogens is 2. The summed E-state index contributed by atoms with van der Waals surface area (Å²) in [5.41, 5.74) is -0.577. The third kappa shape index (κ3) is 3.75. The second-order valence-electron chi connectivity index (χ2n) is 11.8. The predicted molar refractivity (Wildman–Crippen MR) is 113 cm³/mol. The Balaban J connectivity index is 1.48. The third-order valence-corrected chi connectivity index (χ3v) is 10.2. The fourth-order valence-electron chi connectivity index (χ4n) is 8.95. The summed E-state index contributed by atoms with van der Waals surface area (Å²) in [5.74, 6) is 0.0859. The van der Waals surface area contributed by atoms with Crippen LogP contribution in [-0.4, -0.2) is 41.6 Å². The van der Waals surface area contributed by atoms with Gasteiger partial charge in [0, 0.05) is 14.0 Å². The second-order valence-corrected chi connectivity index (χ2v) is 11.8. The fourth-order valence-corrected chi connectivity index (χ4v) is 8.95. The van der Waals surface area contributed by atoms with E-state index in [0.717, 1.165) is 51.4 Å². The number of ether oxygens (including phenoxy) is 1. The van der Waals surface area contributed by atoms with Crippen molar-refractivity contribution in [3.63, 3.8) is 0 Å². The van der Waals surface area contributed by atoms with Gasteiger partial charge in [-0.3, -0.25) is 0 Å². The highest BCUT2D eigenvalue weighted by atomic mass is 19.3. The SMILES string of the molecule is COC[C@]1(O)CC[C@H]2[C@H](CC[C@@H]3[C@@H]2CC[C@]2(C)[C@@H]([C@H](C)[C@H](O)C(C)(F)F)CC[C@@H]32)C1. The Morgan fingerprint density at radius 1 is 1.03 bits per heavy atom. The lowest BCUT2D eigenvalue weighted by atomic mass is 9.48. The van der Waals surface area contributed by atoms with Crippen molar-refractivity contribution < 1.29 is 23.7 Å². The first-order chi connectivity index (χ1) is 14.0. The van der Waals surface area contributed by atoms with Gasteiger partial charge in [0.25, 0.3) is 5.92 Å². The largest absolute Gasteiger partial charge is 0.387 e. The monoisotopic (exact) mass is 428 g/mol. The molecule has 0 heterocycles. The molecule has 4 saturated carbocycles. The Bertz CT molecular complexity index is 622. The van der Waals surface area contributed by atoms with E-state index in [4.69, 9.17) is 4.74 Å². The Morgan fingerprint density at radius 2 is 1.73 bits per heavy atom. The van der Waals surface area contributed by atoms with E-state index in [9.17, 15) is 19.0 Å². The van der Waals surface area contributed by atoms with Gasteiger partial charge in [0.05, 0.1) is 12.2 Å². The third-order valence-electron chi connectivity index (χ3n) is 10.2. The number of hydrogen-bond donors (Lipinski definition) is 2. The van der Waals surface area contributed by atoms with E-state index in [0.29, 0.717) is 30.3 Å². The van der Waals surface area contributed by atoms with E-state index in [1.807, 2.05) is 6.92 Å². The molecule has 0 radical (unpaired) electrons. The topological polar surface area (TPSA) is 49.7 Å². The smallest absolute Gasteiger partial charge is 0.270 e. The van der Waals surface area contributed by atoms with Crippen LogP contribution in [0.15, 0.2) is 0 Å². The fraction of sp³-hybridized carbons (Fsp3) is 1.00. The van der Waals surface area contributed by atoms with Crippen molar-refractivity contribution in [3.05, 3.63) is 0 Å². The minimum absolute atomic E-state index is 0.0745. The van der Waals surface area contributed by atoms with Gasteiger partial charge in [0.15, 0.2) is 0 Å². The molecule has 0 aliphatic heterocycles. The molecule has 0 saturated heterocycles. The van der Waals surface area contributed by atoms with Crippen LogP contribution in [0.2, 0.25) is 0 Å². The predicted octanol–water partition coefficient (Wildman–Crippen LogP) is 5.28. The van der Waals surface area contributed by atoms with E-state index < -0.39 is 17.6 Å². The summed E-state index contributed by atoms with van der Waals surface area (Å²) in [4.78, 5) is 0. The average molecular weight is 429 g/mol. The molecule has 0 unspecified atom stereocenters. The van der Waals surface area contributed by atoms with Crippen molar-refractivity contribution >= 4 is 0 Å². The maximum atomic E-state index is 13.9. The first-order valence-corrected chi connectivity index (χ1v) is 12.3. The molecule has 3 nitrogen and oxygen atoms in total. The van der Waals surface area contributed by atoms with E-state index in [-0.39, 0.29) is 17.3 Å². The lowest BCUT2D eigenvalue weighted by Gasteiger charge is -2.57. The molecule has 4 fully saturated rings. The molecule has 4 rings (SSSR count). The first-order valence-electron chi connectivity index (χ1n) is 12.3. The molecule has 2 N–H and O–H groups in total. The van der Waals surface area contributed by atoms with Gasteiger partial charge < -0.3 is 14.9 Å². The Kier molecular flexibility index (Phi) is 6.07. The maximum Gasteiger partial charge on any atom is 0.270 e. The van der Waals surface area contributed by atoms with Crippen LogP contribution in [0.25, 0.3) is 0 Å². The number of alkyl halides is 2. The maximum absolute atomic E-state index is 13.9. The zero-order valence-corrected chi connectivity index (χ0v) is 19.2. The number of fused-ring (bicyclic) bond motifs is 5. The average Bonchev–Trinajstić information content (AvgIpc) is 3.03.